The van der Waals surface area contributed by atoms with E-state index >= 15 is 0 Å². The Morgan fingerprint density at radius 1 is 1.40 bits per heavy atom. The molecular weight excluding hydrogens is 210 g/mol. The van der Waals surface area contributed by atoms with E-state index in [1.54, 1.807) is 0 Å². The van der Waals surface area contributed by atoms with Gasteiger partial charge < -0.3 is 15.2 Å². The minimum absolute atomic E-state index is 0.123. The maximum absolute atomic E-state index is 8.54. The van der Waals surface area contributed by atoms with Crippen LogP contribution in [0.5, 0.6) is 0 Å². The second-order valence-electron chi connectivity index (χ2n) is 3.82. The van der Waals surface area contributed by atoms with E-state index in [1.807, 2.05) is 0 Å². The van der Waals surface area contributed by atoms with Crippen LogP contribution >= 0.6 is 11.8 Å². The largest absolute Gasteiger partial charge is 0.394 e. The summed E-state index contributed by atoms with van der Waals surface area (Å²) in [6.45, 7) is 4.42. The van der Waals surface area contributed by atoms with Gasteiger partial charge in [0.15, 0.2) is 0 Å². The molecule has 0 bridgehead atoms. The summed E-state index contributed by atoms with van der Waals surface area (Å²) in [5.74, 6) is 1.21. The first-order valence-corrected chi connectivity index (χ1v) is 6.97. The van der Waals surface area contributed by atoms with Crippen molar-refractivity contribution >= 4 is 11.8 Å². The molecule has 4 heteroatoms. The highest BCUT2D eigenvalue weighted by molar-refractivity contribution is 7.99. The fourth-order valence-electron chi connectivity index (χ4n) is 2.06. The first-order chi connectivity index (χ1) is 7.38. The molecule has 1 fully saturated rings. The van der Waals surface area contributed by atoms with Gasteiger partial charge in [-0.1, -0.05) is 13.3 Å². The lowest BCUT2D eigenvalue weighted by Gasteiger charge is -2.20. The van der Waals surface area contributed by atoms with E-state index in [1.165, 1.54) is 25.0 Å². The third kappa shape index (κ3) is 5.20. The van der Waals surface area contributed by atoms with E-state index in [0.29, 0.717) is 19.3 Å². The predicted molar refractivity (Wildman–Crippen MR) is 65.5 cm³/mol. The van der Waals surface area contributed by atoms with Crippen LogP contribution in [0, 0.1) is 0 Å². The van der Waals surface area contributed by atoms with Crippen LogP contribution in [-0.2, 0) is 4.74 Å². The van der Waals surface area contributed by atoms with Gasteiger partial charge in [0, 0.05) is 17.8 Å². The third-order valence-corrected chi connectivity index (χ3v) is 4.05. The molecule has 0 saturated heterocycles. The van der Waals surface area contributed by atoms with Gasteiger partial charge in [0.1, 0.15) is 0 Å². The number of rotatable bonds is 8. The van der Waals surface area contributed by atoms with E-state index in [-0.39, 0.29) is 6.61 Å². The summed E-state index contributed by atoms with van der Waals surface area (Å²) in [7, 11) is 0. The Morgan fingerprint density at radius 2 is 2.27 bits per heavy atom. The summed E-state index contributed by atoms with van der Waals surface area (Å²) < 4.78 is 5.22. The van der Waals surface area contributed by atoms with Crippen molar-refractivity contribution in [2.24, 2.45) is 0 Å². The fourth-order valence-corrected chi connectivity index (χ4v) is 3.28. The van der Waals surface area contributed by atoms with Crippen LogP contribution in [0.1, 0.15) is 26.2 Å². The molecule has 1 aliphatic carbocycles. The Labute approximate surface area is 97.0 Å². The molecule has 3 nitrogen and oxygen atoms in total. The topological polar surface area (TPSA) is 41.5 Å². The molecule has 1 aliphatic rings. The summed E-state index contributed by atoms with van der Waals surface area (Å²) in [6, 6.07) is 0.674. The molecule has 0 aromatic rings. The number of aliphatic hydroxyl groups is 1. The van der Waals surface area contributed by atoms with E-state index in [9.17, 15) is 0 Å². The van der Waals surface area contributed by atoms with Gasteiger partial charge in [0.2, 0.25) is 0 Å². The number of hydrogen-bond donors (Lipinski definition) is 2. The van der Waals surface area contributed by atoms with Crippen molar-refractivity contribution in [3.05, 3.63) is 0 Å². The Balaban J connectivity index is 2.03. The molecule has 0 aromatic heterocycles. The van der Waals surface area contributed by atoms with Gasteiger partial charge in [0.25, 0.3) is 0 Å². The zero-order valence-corrected chi connectivity index (χ0v) is 10.4. The van der Waals surface area contributed by atoms with Crippen molar-refractivity contribution in [2.75, 3.05) is 32.1 Å². The van der Waals surface area contributed by atoms with Crippen LogP contribution in [-0.4, -0.2) is 48.5 Å². The lowest BCUT2D eigenvalue weighted by molar-refractivity contribution is 0.0927. The van der Waals surface area contributed by atoms with Gasteiger partial charge >= 0.3 is 0 Å². The molecule has 2 N–H and O–H groups in total. The highest BCUT2D eigenvalue weighted by Crippen LogP contribution is 2.29. The fraction of sp³-hybridized carbons (Fsp3) is 1.00. The molecule has 1 saturated carbocycles. The van der Waals surface area contributed by atoms with Crippen molar-refractivity contribution in [1.82, 2.24) is 5.32 Å². The molecule has 0 heterocycles. The molecule has 15 heavy (non-hydrogen) atoms. The van der Waals surface area contributed by atoms with E-state index < -0.39 is 0 Å². The van der Waals surface area contributed by atoms with Gasteiger partial charge in [0.05, 0.1) is 19.8 Å². The lowest BCUT2D eigenvalue weighted by atomic mass is 10.2. The van der Waals surface area contributed by atoms with Crippen molar-refractivity contribution < 1.29 is 9.84 Å². The highest BCUT2D eigenvalue weighted by atomic mass is 32.2. The summed E-state index contributed by atoms with van der Waals surface area (Å²) >= 11 is 2.07. The molecule has 0 spiro atoms. The monoisotopic (exact) mass is 233 g/mol. The summed E-state index contributed by atoms with van der Waals surface area (Å²) in [5.41, 5.74) is 0. The normalized spacial score (nSPS) is 26.0. The number of hydrogen-bond acceptors (Lipinski definition) is 4. The quantitative estimate of drug-likeness (QED) is 0.619. The molecule has 2 atom stereocenters. The van der Waals surface area contributed by atoms with Gasteiger partial charge in [-0.25, -0.2) is 0 Å². The van der Waals surface area contributed by atoms with Crippen LogP contribution in [0.2, 0.25) is 0 Å². The molecular formula is C11H23NO2S. The first kappa shape index (κ1) is 13.3. The van der Waals surface area contributed by atoms with Gasteiger partial charge in [-0.05, 0) is 18.6 Å². The van der Waals surface area contributed by atoms with Crippen LogP contribution in [0.25, 0.3) is 0 Å². The highest BCUT2D eigenvalue weighted by Gasteiger charge is 2.26. The zero-order chi connectivity index (χ0) is 10.9. The van der Waals surface area contributed by atoms with Crippen molar-refractivity contribution in [2.45, 2.75) is 37.5 Å². The van der Waals surface area contributed by atoms with E-state index in [2.05, 4.69) is 24.0 Å². The Bertz CT molecular complexity index is 158. The number of nitrogens with one attached hydrogen (secondary N) is 1. The lowest BCUT2D eigenvalue weighted by Crippen LogP contribution is -2.36. The van der Waals surface area contributed by atoms with Gasteiger partial charge in [-0.15, -0.1) is 0 Å². The van der Waals surface area contributed by atoms with Gasteiger partial charge in [-0.3, -0.25) is 0 Å². The Morgan fingerprint density at radius 3 is 3.00 bits per heavy atom. The van der Waals surface area contributed by atoms with Crippen LogP contribution < -0.4 is 5.32 Å². The molecule has 0 radical (unpaired) electrons. The van der Waals surface area contributed by atoms with Crippen molar-refractivity contribution in [3.8, 4) is 0 Å². The molecule has 0 aromatic carbocycles. The number of aliphatic hydroxyl groups excluding tert-OH is 1. The zero-order valence-electron chi connectivity index (χ0n) is 9.58. The second-order valence-corrected chi connectivity index (χ2v) is 5.34. The SMILES string of the molecule is CCSC1CCCC1NCCOCCO. The standard InChI is InChI=1S/C11H23NO2S/c1-2-15-11-5-3-4-10(11)12-6-8-14-9-7-13/h10-13H,2-9H2,1H3. The molecule has 0 aliphatic heterocycles. The number of ether oxygens (including phenoxy) is 1. The van der Waals surface area contributed by atoms with Crippen molar-refractivity contribution in [1.29, 1.82) is 0 Å². The second kappa shape index (κ2) is 8.39. The smallest absolute Gasteiger partial charge is 0.0698 e. The maximum atomic E-state index is 8.54. The maximum Gasteiger partial charge on any atom is 0.0698 e. The van der Waals surface area contributed by atoms with Crippen LogP contribution in [0.4, 0.5) is 0 Å². The molecule has 90 valence electrons. The summed E-state index contributed by atoms with van der Waals surface area (Å²) in [5, 5.41) is 12.9. The van der Waals surface area contributed by atoms with Gasteiger partial charge in [-0.2, -0.15) is 11.8 Å². The van der Waals surface area contributed by atoms with E-state index in [0.717, 1.165) is 11.8 Å². The van der Waals surface area contributed by atoms with Crippen LogP contribution in [0.15, 0.2) is 0 Å². The Hall–Kier alpha value is 0.230. The first-order valence-electron chi connectivity index (χ1n) is 5.92. The average molecular weight is 233 g/mol. The number of thioether (sulfide) groups is 1. The molecule has 1 rings (SSSR count). The average Bonchev–Trinajstić information content (AvgIpc) is 2.66. The minimum atomic E-state index is 0.123. The molecule has 0 amide bonds. The minimum Gasteiger partial charge on any atom is -0.394 e. The molecule has 2 unspecified atom stereocenters. The third-order valence-electron chi connectivity index (χ3n) is 2.72. The predicted octanol–water partition coefficient (Wildman–Crippen LogP) is 1.26. The van der Waals surface area contributed by atoms with E-state index in [4.69, 9.17) is 9.84 Å². The summed E-state index contributed by atoms with van der Waals surface area (Å²) in [4.78, 5) is 0. The Kier molecular flexibility index (Phi) is 7.44. The summed E-state index contributed by atoms with van der Waals surface area (Å²) in [6.07, 6.45) is 4.01. The van der Waals surface area contributed by atoms with Crippen LogP contribution in [0.3, 0.4) is 0 Å². The van der Waals surface area contributed by atoms with Crippen molar-refractivity contribution in [3.63, 3.8) is 0 Å².